The molecule has 1 aromatic rings. The smallest absolute Gasteiger partial charge is 0.157 e. The Hall–Kier alpha value is -0.480. The van der Waals surface area contributed by atoms with Crippen LogP contribution in [-0.2, 0) is 6.54 Å². The highest BCUT2D eigenvalue weighted by molar-refractivity contribution is 8.14. The van der Waals surface area contributed by atoms with Gasteiger partial charge in [0.2, 0.25) is 0 Å². The summed E-state index contributed by atoms with van der Waals surface area (Å²) in [6.45, 7) is 7.48. The van der Waals surface area contributed by atoms with Gasteiger partial charge in [-0.2, -0.15) is 0 Å². The van der Waals surface area contributed by atoms with Gasteiger partial charge in [-0.3, -0.25) is 4.99 Å². The van der Waals surface area contributed by atoms with Gasteiger partial charge in [-0.1, -0.05) is 25.6 Å². The summed E-state index contributed by atoms with van der Waals surface area (Å²) in [5.41, 5.74) is 1.65. The molecule has 0 unspecified atom stereocenters. The first kappa shape index (κ1) is 13.0. The number of rotatable bonds is 4. The molecule has 1 aliphatic heterocycles. The molecule has 94 valence electrons. The van der Waals surface area contributed by atoms with E-state index >= 15 is 0 Å². The van der Waals surface area contributed by atoms with Gasteiger partial charge in [-0.15, -0.1) is 11.3 Å². The van der Waals surface area contributed by atoms with Gasteiger partial charge in [0.1, 0.15) is 0 Å². The van der Waals surface area contributed by atoms with Crippen molar-refractivity contribution in [3.05, 3.63) is 21.9 Å². The Morgan fingerprint density at radius 1 is 1.41 bits per heavy atom. The lowest BCUT2D eigenvalue weighted by molar-refractivity contribution is 0.407. The maximum Gasteiger partial charge on any atom is 0.157 e. The number of nitrogens with one attached hydrogen (secondary N) is 1. The number of thioether (sulfide) groups is 1. The highest BCUT2D eigenvalue weighted by atomic mass is 32.2. The molecule has 0 atom stereocenters. The summed E-state index contributed by atoms with van der Waals surface area (Å²) in [5, 5.41) is 6.87. The number of hydrogen-bond acceptors (Lipinski definition) is 3. The molecule has 0 amide bonds. The van der Waals surface area contributed by atoms with E-state index in [4.69, 9.17) is 4.99 Å². The molecule has 0 aliphatic carbocycles. The molecular weight excluding hydrogens is 248 g/mol. The predicted octanol–water partition coefficient (Wildman–Crippen LogP) is 3.81. The molecule has 17 heavy (non-hydrogen) atoms. The zero-order chi connectivity index (χ0) is 12.3. The van der Waals surface area contributed by atoms with Crippen molar-refractivity contribution >= 4 is 28.3 Å². The van der Waals surface area contributed by atoms with Crippen LogP contribution in [-0.4, -0.2) is 16.5 Å². The average molecular weight is 268 g/mol. The molecule has 1 saturated heterocycles. The van der Waals surface area contributed by atoms with Crippen molar-refractivity contribution in [2.45, 2.75) is 45.7 Å². The number of thiophene rings is 1. The third kappa shape index (κ3) is 2.86. The van der Waals surface area contributed by atoms with Crippen molar-refractivity contribution in [2.24, 2.45) is 4.99 Å². The van der Waals surface area contributed by atoms with Crippen LogP contribution in [0.2, 0.25) is 0 Å². The third-order valence-corrected chi connectivity index (χ3v) is 5.75. The second kappa shape index (κ2) is 5.44. The van der Waals surface area contributed by atoms with E-state index in [1.165, 1.54) is 23.3 Å². The normalized spacial score (nSPS) is 20.8. The molecule has 0 saturated carbocycles. The number of aryl methyl sites for hydroxylation is 1. The molecule has 4 heteroatoms. The molecule has 1 fully saturated rings. The Labute approximate surface area is 112 Å². The molecule has 0 aromatic carbocycles. The summed E-state index contributed by atoms with van der Waals surface area (Å²) in [6, 6.07) is 2.16. The van der Waals surface area contributed by atoms with Gasteiger partial charge in [0.25, 0.3) is 0 Å². The van der Waals surface area contributed by atoms with Gasteiger partial charge < -0.3 is 5.32 Å². The fraction of sp³-hybridized carbons (Fsp3) is 0.615. The zero-order valence-corrected chi connectivity index (χ0v) is 12.4. The predicted molar refractivity (Wildman–Crippen MR) is 79.1 cm³/mol. The fourth-order valence-electron chi connectivity index (χ4n) is 1.93. The summed E-state index contributed by atoms with van der Waals surface area (Å²) in [4.78, 5) is 6.08. The van der Waals surface area contributed by atoms with E-state index in [0.717, 1.165) is 17.5 Å². The lowest BCUT2D eigenvalue weighted by atomic mass is 9.96. The van der Waals surface area contributed by atoms with Crippen LogP contribution in [0.15, 0.2) is 16.4 Å². The zero-order valence-electron chi connectivity index (χ0n) is 10.7. The van der Waals surface area contributed by atoms with Crippen molar-refractivity contribution in [1.29, 1.82) is 0 Å². The first-order chi connectivity index (χ1) is 8.19. The Bertz CT molecular complexity index is 405. The van der Waals surface area contributed by atoms with Crippen molar-refractivity contribution < 1.29 is 0 Å². The Balaban J connectivity index is 1.99. The molecule has 0 bridgehead atoms. The van der Waals surface area contributed by atoms with E-state index in [2.05, 4.69) is 37.5 Å². The van der Waals surface area contributed by atoms with Crippen LogP contribution in [0, 0.1) is 6.92 Å². The Morgan fingerprint density at radius 2 is 2.18 bits per heavy atom. The van der Waals surface area contributed by atoms with Gasteiger partial charge in [-0.05, 0) is 36.8 Å². The van der Waals surface area contributed by atoms with Crippen LogP contribution in [0.5, 0.6) is 0 Å². The Kier molecular flexibility index (Phi) is 4.15. The van der Waals surface area contributed by atoms with Crippen LogP contribution in [0.4, 0.5) is 0 Å². The molecule has 1 N–H and O–H groups in total. The molecule has 0 radical (unpaired) electrons. The van der Waals surface area contributed by atoms with Gasteiger partial charge in [0.15, 0.2) is 5.17 Å². The number of aliphatic imine (C=N–C) groups is 1. The fourth-order valence-corrected chi connectivity index (χ4v) is 4.10. The quantitative estimate of drug-likeness (QED) is 0.898. The molecule has 0 spiro atoms. The van der Waals surface area contributed by atoms with Crippen LogP contribution in [0.1, 0.15) is 37.1 Å². The first-order valence-electron chi connectivity index (χ1n) is 6.17. The summed E-state index contributed by atoms with van der Waals surface area (Å²) in [5.74, 6) is 1.16. The largest absolute Gasteiger partial charge is 0.359 e. The number of nitrogens with zero attached hydrogens (tertiary/aromatic N) is 1. The highest BCUT2D eigenvalue weighted by Gasteiger charge is 2.33. The topological polar surface area (TPSA) is 24.4 Å². The maximum atomic E-state index is 4.70. The maximum absolute atomic E-state index is 4.70. The highest BCUT2D eigenvalue weighted by Crippen LogP contribution is 2.29. The summed E-state index contributed by atoms with van der Waals surface area (Å²) < 4.78 is 0. The number of hydrogen-bond donors (Lipinski definition) is 1. The average Bonchev–Trinajstić information content (AvgIpc) is 2.94. The van der Waals surface area contributed by atoms with Gasteiger partial charge in [-0.25, -0.2) is 0 Å². The van der Waals surface area contributed by atoms with Crippen molar-refractivity contribution in [2.75, 3.05) is 5.75 Å². The minimum Gasteiger partial charge on any atom is -0.359 e. The Morgan fingerprint density at radius 3 is 2.71 bits per heavy atom. The van der Waals surface area contributed by atoms with Crippen LogP contribution < -0.4 is 5.32 Å². The summed E-state index contributed by atoms with van der Waals surface area (Å²) in [7, 11) is 0. The summed E-state index contributed by atoms with van der Waals surface area (Å²) in [6.07, 6.45) is 2.35. The SMILES string of the molecule is CCC1(CC)CSC(=NCc2sccc2C)N1. The molecule has 1 aromatic heterocycles. The minimum atomic E-state index is 0.286. The van der Waals surface area contributed by atoms with Crippen molar-refractivity contribution in [3.63, 3.8) is 0 Å². The lowest BCUT2D eigenvalue weighted by Crippen LogP contribution is -2.42. The van der Waals surface area contributed by atoms with Crippen LogP contribution in [0.3, 0.4) is 0 Å². The van der Waals surface area contributed by atoms with Gasteiger partial charge in [0, 0.05) is 16.2 Å². The van der Waals surface area contributed by atoms with Gasteiger partial charge >= 0.3 is 0 Å². The summed E-state index contributed by atoms with van der Waals surface area (Å²) >= 11 is 3.67. The minimum absolute atomic E-state index is 0.286. The number of amidine groups is 1. The van der Waals surface area contributed by atoms with E-state index in [0.29, 0.717) is 0 Å². The molecule has 2 rings (SSSR count). The van der Waals surface area contributed by atoms with Crippen molar-refractivity contribution in [1.82, 2.24) is 5.32 Å². The second-order valence-corrected chi connectivity index (χ2v) is 6.51. The first-order valence-corrected chi connectivity index (χ1v) is 8.04. The van der Waals surface area contributed by atoms with E-state index in [9.17, 15) is 0 Å². The molecule has 1 aliphatic rings. The molecular formula is C13H20N2S2. The van der Waals surface area contributed by atoms with E-state index in [1.807, 2.05) is 11.8 Å². The van der Waals surface area contributed by atoms with Crippen molar-refractivity contribution in [3.8, 4) is 0 Å². The monoisotopic (exact) mass is 268 g/mol. The molecule has 2 heterocycles. The van der Waals surface area contributed by atoms with E-state index in [1.54, 1.807) is 11.3 Å². The van der Waals surface area contributed by atoms with Crippen LogP contribution >= 0.6 is 23.1 Å². The standard InChI is InChI=1S/C13H20N2S2/c1-4-13(5-2)9-17-12(15-13)14-8-11-10(3)6-7-16-11/h6-7H,4-5,8-9H2,1-3H3,(H,14,15). The van der Waals surface area contributed by atoms with Gasteiger partial charge in [0.05, 0.1) is 6.54 Å². The lowest BCUT2D eigenvalue weighted by Gasteiger charge is -2.25. The van der Waals surface area contributed by atoms with E-state index in [-0.39, 0.29) is 5.54 Å². The third-order valence-electron chi connectivity index (χ3n) is 3.55. The van der Waals surface area contributed by atoms with E-state index < -0.39 is 0 Å². The van der Waals surface area contributed by atoms with Crippen LogP contribution in [0.25, 0.3) is 0 Å². The second-order valence-electron chi connectivity index (χ2n) is 4.55. The molecule has 2 nitrogen and oxygen atoms in total.